The molecule has 0 unspecified atom stereocenters. The maximum absolute atomic E-state index is 12.0. The summed E-state index contributed by atoms with van der Waals surface area (Å²) in [7, 11) is 0. The quantitative estimate of drug-likeness (QED) is 0.663. The van der Waals surface area contributed by atoms with E-state index in [1.807, 2.05) is 25.1 Å². The fourth-order valence-electron chi connectivity index (χ4n) is 2.57. The van der Waals surface area contributed by atoms with Crippen LogP contribution < -0.4 is 5.32 Å². The Morgan fingerprint density at radius 1 is 1.48 bits per heavy atom. The highest BCUT2D eigenvalue weighted by Gasteiger charge is 2.28. The van der Waals surface area contributed by atoms with Gasteiger partial charge in [-0.3, -0.25) is 5.32 Å². The Morgan fingerprint density at radius 2 is 2.22 bits per heavy atom. The fraction of sp³-hybridized carbons (Fsp3) is 0.444. The number of hydrogen-bond acceptors (Lipinski definition) is 4. The maximum Gasteiger partial charge on any atom is 0.411 e. The summed E-state index contributed by atoms with van der Waals surface area (Å²) in [5.41, 5.74) is 3.33. The van der Waals surface area contributed by atoms with Gasteiger partial charge in [0.2, 0.25) is 0 Å². The molecule has 0 bridgehead atoms. The van der Waals surface area contributed by atoms with Crippen LogP contribution in [-0.4, -0.2) is 25.3 Å². The van der Waals surface area contributed by atoms with E-state index in [-0.39, 0.29) is 18.5 Å². The van der Waals surface area contributed by atoms with Gasteiger partial charge in [-0.25, -0.2) is 9.59 Å². The van der Waals surface area contributed by atoms with Crippen molar-refractivity contribution in [2.45, 2.75) is 33.1 Å². The minimum atomic E-state index is -0.489. The molecular weight excluding hydrogens is 294 g/mol. The van der Waals surface area contributed by atoms with Crippen molar-refractivity contribution in [2.24, 2.45) is 5.92 Å². The normalized spacial score (nSPS) is 17.3. The number of aryl methyl sites for hydroxylation is 1. The van der Waals surface area contributed by atoms with E-state index >= 15 is 0 Å². The molecule has 5 nitrogen and oxygen atoms in total. The van der Waals surface area contributed by atoms with Crippen molar-refractivity contribution in [3.63, 3.8) is 0 Å². The van der Waals surface area contributed by atoms with Gasteiger partial charge in [0.25, 0.3) is 0 Å². The molecule has 1 amide bonds. The van der Waals surface area contributed by atoms with Gasteiger partial charge in [0.15, 0.2) is 0 Å². The van der Waals surface area contributed by atoms with Gasteiger partial charge in [-0.1, -0.05) is 38.6 Å². The lowest BCUT2D eigenvalue weighted by molar-refractivity contribution is -0.135. The number of ether oxygens (including phenoxy) is 2. The molecule has 0 aliphatic carbocycles. The molecule has 2 rings (SSSR count). The zero-order chi connectivity index (χ0) is 17.0. The molecule has 1 aliphatic heterocycles. The van der Waals surface area contributed by atoms with E-state index in [9.17, 15) is 9.59 Å². The Kier molecular flexibility index (Phi) is 5.42. The van der Waals surface area contributed by atoms with Gasteiger partial charge in [-0.05, 0) is 30.4 Å². The predicted molar refractivity (Wildman–Crippen MR) is 88.4 cm³/mol. The van der Waals surface area contributed by atoms with E-state index in [4.69, 9.17) is 9.47 Å². The van der Waals surface area contributed by atoms with Crippen LogP contribution >= 0.6 is 0 Å². The molecule has 1 aliphatic rings. The molecule has 0 radical (unpaired) electrons. The van der Waals surface area contributed by atoms with Crippen molar-refractivity contribution in [1.29, 1.82) is 0 Å². The summed E-state index contributed by atoms with van der Waals surface area (Å²) in [5.74, 6) is -0.129. The first-order valence-corrected chi connectivity index (χ1v) is 7.79. The summed E-state index contributed by atoms with van der Waals surface area (Å²) in [5, 5.41) is 2.82. The lowest BCUT2D eigenvalue weighted by Gasteiger charge is -2.16. The van der Waals surface area contributed by atoms with Gasteiger partial charge in [0.05, 0.1) is 18.9 Å². The molecule has 0 saturated carbocycles. The Balaban J connectivity index is 1.88. The maximum atomic E-state index is 12.0. The number of carbonyl (C=O) groups excluding carboxylic acids is 2. The van der Waals surface area contributed by atoms with Crippen molar-refractivity contribution < 1.29 is 19.1 Å². The third kappa shape index (κ3) is 4.12. The van der Waals surface area contributed by atoms with E-state index in [0.29, 0.717) is 24.5 Å². The van der Waals surface area contributed by atoms with Crippen molar-refractivity contribution in [3.05, 3.63) is 41.5 Å². The second-order valence-electron chi connectivity index (χ2n) is 6.06. The standard InChI is InChI=1S/C18H23NO4/c1-11(2)15-7-5-6-12(3)16(15)19-18(21)22-9-8-14-10-23-17(20)13(14)4/h5-7,11,14H,4,8-10H2,1-3H3,(H,19,21)/t14-/m0/s1. The molecule has 23 heavy (non-hydrogen) atoms. The summed E-state index contributed by atoms with van der Waals surface area (Å²) >= 11 is 0. The highest BCUT2D eigenvalue weighted by molar-refractivity contribution is 5.90. The summed E-state index contributed by atoms with van der Waals surface area (Å²) in [6, 6.07) is 5.93. The Morgan fingerprint density at radius 3 is 2.83 bits per heavy atom. The summed E-state index contributed by atoms with van der Waals surface area (Å²) in [6.45, 7) is 10.3. The van der Waals surface area contributed by atoms with E-state index in [2.05, 4.69) is 25.7 Å². The number of nitrogens with one attached hydrogen (secondary N) is 1. The lowest BCUT2D eigenvalue weighted by Crippen LogP contribution is -2.18. The number of esters is 1. The van der Waals surface area contributed by atoms with Crippen LogP contribution in [0.2, 0.25) is 0 Å². The molecule has 1 aromatic carbocycles. The van der Waals surface area contributed by atoms with Crippen molar-refractivity contribution >= 4 is 17.7 Å². The van der Waals surface area contributed by atoms with Crippen LogP contribution in [0.3, 0.4) is 0 Å². The Labute approximate surface area is 136 Å². The third-order valence-electron chi connectivity index (χ3n) is 4.02. The van der Waals surface area contributed by atoms with Gasteiger partial charge in [-0.2, -0.15) is 0 Å². The molecule has 0 spiro atoms. The molecule has 1 fully saturated rings. The number of carbonyl (C=O) groups is 2. The fourth-order valence-corrected chi connectivity index (χ4v) is 2.57. The van der Waals surface area contributed by atoms with Crippen molar-refractivity contribution in [3.8, 4) is 0 Å². The van der Waals surface area contributed by atoms with Gasteiger partial charge >= 0.3 is 12.1 Å². The second-order valence-corrected chi connectivity index (χ2v) is 6.06. The topological polar surface area (TPSA) is 64.6 Å². The van der Waals surface area contributed by atoms with Crippen LogP contribution in [0.25, 0.3) is 0 Å². The van der Waals surface area contributed by atoms with Crippen molar-refractivity contribution in [1.82, 2.24) is 0 Å². The number of anilines is 1. The van der Waals surface area contributed by atoms with E-state index < -0.39 is 6.09 Å². The number of rotatable bonds is 5. The lowest BCUT2D eigenvalue weighted by atomic mass is 9.98. The molecule has 1 N–H and O–H groups in total. The average Bonchev–Trinajstić information content (AvgIpc) is 2.81. The number of para-hydroxylation sites is 1. The van der Waals surface area contributed by atoms with Gasteiger partial charge in [-0.15, -0.1) is 0 Å². The zero-order valence-corrected chi connectivity index (χ0v) is 13.8. The minimum absolute atomic E-state index is 0.0695. The largest absolute Gasteiger partial charge is 0.462 e. The molecule has 124 valence electrons. The second kappa shape index (κ2) is 7.31. The Hall–Kier alpha value is -2.30. The van der Waals surface area contributed by atoms with Gasteiger partial charge in [0.1, 0.15) is 0 Å². The molecule has 1 aromatic rings. The van der Waals surface area contributed by atoms with E-state index in [0.717, 1.165) is 16.8 Å². The van der Waals surface area contributed by atoms with Crippen LogP contribution in [-0.2, 0) is 14.3 Å². The van der Waals surface area contributed by atoms with Crippen LogP contribution in [0, 0.1) is 12.8 Å². The Bertz CT molecular complexity index is 621. The van der Waals surface area contributed by atoms with Crippen LogP contribution in [0.4, 0.5) is 10.5 Å². The van der Waals surface area contributed by atoms with Crippen LogP contribution in [0.15, 0.2) is 30.4 Å². The highest BCUT2D eigenvalue weighted by atomic mass is 16.6. The van der Waals surface area contributed by atoms with Crippen LogP contribution in [0.1, 0.15) is 37.3 Å². The number of hydrogen-bond donors (Lipinski definition) is 1. The zero-order valence-electron chi connectivity index (χ0n) is 13.8. The number of cyclic esters (lactones) is 1. The SMILES string of the molecule is C=C1C(=O)OC[C@@H]1CCOC(=O)Nc1c(C)cccc1C(C)C. The first-order valence-electron chi connectivity index (χ1n) is 7.79. The average molecular weight is 317 g/mol. The predicted octanol–water partition coefficient (Wildman–Crippen LogP) is 3.79. The molecule has 1 heterocycles. The van der Waals surface area contributed by atoms with Crippen molar-refractivity contribution in [2.75, 3.05) is 18.5 Å². The first-order chi connectivity index (χ1) is 10.9. The smallest absolute Gasteiger partial charge is 0.411 e. The molecular formula is C18H23NO4. The summed E-state index contributed by atoms with van der Waals surface area (Å²) < 4.78 is 10.1. The molecule has 0 aromatic heterocycles. The van der Waals surface area contributed by atoms with Crippen LogP contribution in [0.5, 0.6) is 0 Å². The minimum Gasteiger partial charge on any atom is -0.462 e. The molecule has 5 heteroatoms. The summed E-state index contributed by atoms with van der Waals surface area (Å²) in [4.78, 5) is 23.2. The first kappa shape index (κ1) is 17.1. The summed E-state index contributed by atoms with van der Waals surface area (Å²) in [6.07, 6.45) is 0.0417. The molecule has 1 saturated heterocycles. The molecule has 1 atom stereocenters. The highest BCUT2D eigenvalue weighted by Crippen LogP contribution is 2.27. The number of amides is 1. The van der Waals surface area contributed by atoms with E-state index in [1.165, 1.54) is 0 Å². The van der Waals surface area contributed by atoms with E-state index in [1.54, 1.807) is 0 Å². The number of benzene rings is 1. The van der Waals surface area contributed by atoms with Gasteiger partial charge in [0, 0.05) is 11.5 Å². The van der Waals surface area contributed by atoms with Gasteiger partial charge < -0.3 is 9.47 Å². The monoisotopic (exact) mass is 317 g/mol. The third-order valence-corrected chi connectivity index (χ3v) is 4.02.